The second kappa shape index (κ2) is 7.33. The van der Waals surface area contributed by atoms with Crippen molar-refractivity contribution >= 4 is 0 Å². The predicted octanol–water partition coefficient (Wildman–Crippen LogP) is 4.23. The van der Waals surface area contributed by atoms with E-state index < -0.39 is 0 Å². The van der Waals surface area contributed by atoms with Crippen molar-refractivity contribution in [2.24, 2.45) is 5.92 Å². The molecule has 15 heavy (non-hydrogen) atoms. The molecule has 0 radical (unpaired) electrons. The highest BCUT2D eigenvalue weighted by atomic mass is 16.5. The first-order chi connectivity index (χ1) is 7.33. The van der Waals surface area contributed by atoms with Crippen molar-refractivity contribution in [3.8, 4) is 0 Å². The van der Waals surface area contributed by atoms with Gasteiger partial charge in [0.15, 0.2) is 0 Å². The molecule has 0 atom stereocenters. The van der Waals surface area contributed by atoms with Gasteiger partial charge in [0, 0.05) is 0 Å². The summed E-state index contributed by atoms with van der Waals surface area (Å²) in [5.41, 5.74) is 1.14. The standard InChI is InChI=1S/C14H22O/c1-3-4-8-13(2)11-15-12-14-9-6-5-7-10-14/h3-4,8,11,14H,1,5-7,9-10,12H2,2H3/b8-4-,13-11-. The van der Waals surface area contributed by atoms with Crippen molar-refractivity contribution in [2.45, 2.75) is 39.0 Å². The molecule has 0 saturated heterocycles. The van der Waals surface area contributed by atoms with Gasteiger partial charge in [-0.25, -0.2) is 0 Å². The van der Waals surface area contributed by atoms with Crippen molar-refractivity contribution in [3.63, 3.8) is 0 Å². The highest BCUT2D eigenvalue weighted by molar-refractivity contribution is 5.17. The summed E-state index contributed by atoms with van der Waals surface area (Å²) < 4.78 is 5.58. The van der Waals surface area contributed by atoms with Gasteiger partial charge in [-0.2, -0.15) is 0 Å². The van der Waals surface area contributed by atoms with Gasteiger partial charge in [0.25, 0.3) is 0 Å². The van der Waals surface area contributed by atoms with E-state index in [-0.39, 0.29) is 0 Å². The van der Waals surface area contributed by atoms with Crippen molar-refractivity contribution in [2.75, 3.05) is 6.61 Å². The average Bonchev–Trinajstić information content (AvgIpc) is 2.28. The number of hydrogen-bond acceptors (Lipinski definition) is 1. The molecule has 1 heteroatoms. The minimum absolute atomic E-state index is 0.784. The first-order valence-corrected chi connectivity index (χ1v) is 5.90. The smallest absolute Gasteiger partial charge is 0.0901 e. The van der Waals surface area contributed by atoms with Crippen molar-refractivity contribution in [1.82, 2.24) is 0 Å². The van der Waals surface area contributed by atoms with Gasteiger partial charge in [-0.15, -0.1) is 0 Å². The normalized spacial score (nSPS) is 19.4. The Hall–Kier alpha value is -0.980. The molecular formula is C14H22O. The third-order valence-corrected chi connectivity index (χ3v) is 2.82. The lowest BCUT2D eigenvalue weighted by atomic mass is 9.90. The molecule has 0 aromatic rings. The van der Waals surface area contributed by atoms with Gasteiger partial charge in [-0.05, 0) is 31.3 Å². The zero-order chi connectivity index (χ0) is 10.9. The molecule has 1 nitrogen and oxygen atoms in total. The van der Waals surface area contributed by atoms with Gasteiger partial charge < -0.3 is 4.74 Å². The van der Waals surface area contributed by atoms with Gasteiger partial charge in [0.1, 0.15) is 0 Å². The second-order valence-electron chi connectivity index (χ2n) is 4.29. The van der Waals surface area contributed by atoms with Gasteiger partial charge >= 0.3 is 0 Å². The summed E-state index contributed by atoms with van der Waals surface area (Å²) in [4.78, 5) is 0. The van der Waals surface area contributed by atoms with Crippen LogP contribution in [0.3, 0.4) is 0 Å². The predicted molar refractivity (Wildman–Crippen MR) is 65.6 cm³/mol. The van der Waals surface area contributed by atoms with Crippen LogP contribution < -0.4 is 0 Å². The Balaban J connectivity index is 2.18. The molecule has 84 valence electrons. The Labute approximate surface area is 93.5 Å². The van der Waals surface area contributed by atoms with E-state index in [1.165, 1.54) is 32.1 Å². The van der Waals surface area contributed by atoms with Crippen LogP contribution in [-0.2, 0) is 4.74 Å². The summed E-state index contributed by atoms with van der Waals surface area (Å²) in [5.74, 6) is 0.784. The fourth-order valence-corrected chi connectivity index (χ4v) is 1.93. The number of ether oxygens (including phenoxy) is 1. The van der Waals surface area contributed by atoms with E-state index in [1.54, 1.807) is 6.08 Å². The molecule has 1 rings (SSSR count). The molecule has 0 heterocycles. The number of rotatable bonds is 5. The SMILES string of the molecule is C=C/C=C\C(C)=C/OCC1CCCCC1. The Morgan fingerprint density at radius 3 is 2.73 bits per heavy atom. The van der Waals surface area contributed by atoms with Crippen LogP contribution in [0.15, 0.2) is 36.6 Å². The zero-order valence-electron chi connectivity index (χ0n) is 9.74. The van der Waals surface area contributed by atoms with Gasteiger partial charge in [-0.3, -0.25) is 0 Å². The minimum atomic E-state index is 0.784. The fraction of sp³-hybridized carbons (Fsp3) is 0.571. The summed E-state index contributed by atoms with van der Waals surface area (Å²) in [6.07, 6.45) is 14.4. The molecule has 1 aliphatic carbocycles. The molecule has 1 aliphatic rings. The summed E-state index contributed by atoms with van der Waals surface area (Å²) >= 11 is 0. The van der Waals surface area contributed by atoms with Crippen molar-refractivity contribution < 1.29 is 4.74 Å². The largest absolute Gasteiger partial charge is 0.501 e. The maximum atomic E-state index is 5.58. The molecule has 1 saturated carbocycles. The Morgan fingerprint density at radius 1 is 1.33 bits per heavy atom. The zero-order valence-corrected chi connectivity index (χ0v) is 9.74. The van der Waals surface area contributed by atoms with E-state index in [0.717, 1.165) is 18.1 Å². The van der Waals surface area contributed by atoms with Crippen LogP contribution in [0.1, 0.15) is 39.0 Å². The summed E-state index contributed by atoms with van der Waals surface area (Å²) in [5, 5.41) is 0. The maximum Gasteiger partial charge on any atom is 0.0901 e. The van der Waals surface area contributed by atoms with Crippen LogP contribution in [0, 0.1) is 5.92 Å². The molecule has 1 fully saturated rings. The van der Waals surface area contributed by atoms with Crippen LogP contribution >= 0.6 is 0 Å². The third-order valence-electron chi connectivity index (χ3n) is 2.82. The topological polar surface area (TPSA) is 9.23 Å². The van der Waals surface area contributed by atoms with Crippen molar-refractivity contribution in [1.29, 1.82) is 0 Å². The molecule has 0 aliphatic heterocycles. The molecule has 0 N–H and O–H groups in total. The second-order valence-corrected chi connectivity index (χ2v) is 4.29. The third kappa shape index (κ3) is 5.46. The quantitative estimate of drug-likeness (QED) is 0.483. The summed E-state index contributed by atoms with van der Waals surface area (Å²) in [7, 11) is 0. The van der Waals surface area contributed by atoms with Crippen molar-refractivity contribution in [3.05, 3.63) is 36.6 Å². The molecule has 0 amide bonds. The van der Waals surface area contributed by atoms with E-state index in [1.807, 2.05) is 25.3 Å². The van der Waals surface area contributed by atoms with E-state index in [2.05, 4.69) is 6.58 Å². The highest BCUT2D eigenvalue weighted by Gasteiger charge is 2.12. The molecular weight excluding hydrogens is 184 g/mol. The lowest BCUT2D eigenvalue weighted by Gasteiger charge is -2.20. The monoisotopic (exact) mass is 206 g/mol. The van der Waals surface area contributed by atoms with E-state index in [9.17, 15) is 0 Å². The van der Waals surface area contributed by atoms with Gasteiger partial charge in [0.05, 0.1) is 12.9 Å². The summed E-state index contributed by atoms with van der Waals surface area (Å²) in [6, 6.07) is 0. The molecule has 0 bridgehead atoms. The fourth-order valence-electron chi connectivity index (χ4n) is 1.93. The molecule has 0 aromatic carbocycles. The van der Waals surface area contributed by atoms with E-state index in [4.69, 9.17) is 4.74 Å². The van der Waals surface area contributed by atoms with Crippen LogP contribution in [0.5, 0.6) is 0 Å². The first-order valence-electron chi connectivity index (χ1n) is 5.90. The lowest BCUT2D eigenvalue weighted by Crippen LogP contribution is -2.11. The number of allylic oxidation sites excluding steroid dienone is 4. The van der Waals surface area contributed by atoms with E-state index >= 15 is 0 Å². The molecule has 0 unspecified atom stereocenters. The number of hydrogen-bond donors (Lipinski definition) is 0. The molecule has 0 aromatic heterocycles. The maximum absolute atomic E-state index is 5.58. The Morgan fingerprint density at radius 2 is 2.07 bits per heavy atom. The minimum Gasteiger partial charge on any atom is -0.501 e. The average molecular weight is 206 g/mol. The molecule has 0 spiro atoms. The van der Waals surface area contributed by atoms with Crippen LogP contribution in [-0.4, -0.2) is 6.61 Å². The van der Waals surface area contributed by atoms with Crippen LogP contribution in [0.4, 0.5) is 0 Å². The lowest BCUT2D eigenvalue weighted by molar-refractivity contribution is 0.164. The van der Waals surface area contributed by atoms with Crippen LogP contribution in [0.2, 0.25) is 0 Å². The highest BCUT2D eigenvalue weighted by Crippen LogP contribution is 2.23. The van der Waals surface area contributed by atoms with Gasteiger partial charge in [-0.1, -0.05) is 44.1 Å². The Bertz CT molecular complexity index is 232. The Kier molecular flexibility index (Phi) is 5.91. The van der Waals surface area contributed by atoms with Gasteiger partial charge in [0.2, 0.25) is 0 Å². The van der Waals surface area contributed by atoms with E-state index in [0.29, 0.717) is 0 Å². The summed E-state index contributed by atoms with van der Waals surface area (Å²) in [6.45, 7) is 6.56. The first kappa shape index (κ1) is 12.1. The van der Waals surface area contributed by atoms with Crippen LogP contribution in [0.25, 0.3) is 0 Å².